The molecule has 0 unspecified atom stereocenters. The van der Waals surface area contributed by atoms with E-state index >= 15 is 0 Å². The van der Waals surface area contributed by atoms with E-state index in [2.05, 4.69) is 50.9 Å². The van der Waals surface area contributed by atoms with E-state index in [-0.39, 0.29) is 0 Å². The molecule has 0 aliphatic carbocycles. The van der Waals surface area contributed by atoms with Gasteiger partial charge in [0, 0.05) is 31.9 Å². The standard InChI is InChI=1S/C21H26N4O2S/c1-2-25-20(16-27-19-8-7-17-5-3-4-6-18(17)15-19)22-23-21(25)28-14-11-24-9-12-26-13-10-24/h3-8,15H,2,9-14,16H2,1H3. The van der Waals surface area contributed by atoms with Crippen LogP contribution in [0, 0.1) is 0 Å². The van der Waals surface area contributed by atoms with E-state index in [4.69, 9.17) is 9.47 Å². The number of aromatic nitrogens is 3. The zero-order chi connectivity index (χ0) is 19.2. The number of hydrogen-bond donors (Lipinski definition) is 0. The van der Waals surface area contributed by atoms with Crippen molar-refractivity contribution >= 4 is 22.5 Å². The minimum Gasteiger partial charge on any atom is -0.486 e. The van der Waals surface area contributed by atoms with E-state index < -0.39 is 0 Å². The molecule has 148 valence electrons. The molecule has 1 aliphatic heterocycles. The van der Waals surface area contributed by atoms with E-state index in [1.807, 2.05) is 18.2 Å². The lowest BCUT2D eigenvalue weighted by atomic mass is 10.1. The lowest BCUT2D eigenvalue weighted by Crippen LogP contribution is -2.37. The van der Waals surface area contributed by atoms with Crippen molar-refractivity contribution in [2.24, 2.45) is 0 Å². The van der Waals surface area contributed by atoms with E-state index in [1.165, 1.54) is 10.8 Å². The van der Waals surface area contributed by atoms with Gasteiger partial charge in [-0.1, -0.05) is 42.1 Å². The third-order valence-corrected chi connectivity index (χ3v) is 5.89. The van der Waals surface area contributed by atoms with E-state index in [9.17, 15) is 0 Å². The SMILES string of the molecule is CCn1c(COc2ccc3ccccc3c2)nnc1SCCN1CCOCC1. The smallest absolute Gasteiger partial charge is 0.191 e. The molecule has 0 N–H and O–H groups in total. The highest BCUT2D eigenvalue weighted by atomic mass is 32.2. The Kier molecular flexibility index (Phi) is 6.46. The van der Waals surface area contributed by atoms with Crippen molar-refractivity contribution in [2.75, 3.05) is 38.6 Å². The summed E-state index contributed by atoms with van der Waals surface area (Å²) in [5.41, 5.74) is 0. The number of ether oxygens (including phenoxy) is 2. The molecule has 0 radical (unpaired) electrons. The molecular formula is C21H26N4O2S. The van der Waals surface area contributed by atoms with Crippen LogP contribution >= 0.6 is 11.8 Å². The van der Waals surface area contributed by atoms with Gasteiger partial charge in [-0.15, -0.1) is 10.2 Å². The van der Waals surface area contributed by atoms with Crippen LogP contribution in [0.4, 0.5) is 0 Å². The summed E-state index contributed by atoms with van der Waals surface area (Å²) in [7, 11) is 0. The monoisotopic (exact) mass is 398 g/mol. The van der Waals surface area contributed by atoms with Gasteiger partial charge in [-0.25, -0.2) is 0 Å². The second kappa shape index (κ2) is 9.41. The maximum absolute atomic E-state index is 6.00. The van der Waals surface area contributed by atoms with Gasteiger partial charge in [-0.2, -0.15) is 0 Å². The molecule has 0 bridgehead atoms. The molecular weight excluding hydrogens is 372 g/mol. The molecule has 1 aromatic heterocycles. The first kappa shape index (κ1) is 19.2. The third kappa shape index (κ3) is 4.66. The summed E-state index contributed by atoms with van der Waals surface area (Å²) in [6, 6.07) is 14.5. The fourth-order valence-electron chi connectivity index (χ4n) is 3.35. The summed E-state index contributed by atoms with van der Waals surface area (Å²) in [6.45, 7) is 8.14. The Morgan fingerprint density at radius 1 is 1.07 bits per heavy atom. The van der Waals surface area contributed by atoms with Crippen molar-refractivity contribution in [1.82, 2.24) is 19.7 Å². The average molecular weight is 399 g/mol. The number of morpholine rings is 1. The van der Waals surface area contributed by atoms with E-state index in [0.717, 1.165) is 61.9 Å². The lowest BCUT2D eigenvalue weighted by molar-refractivity contribution is 0.0410. The number of nitrogens with zero attached hydrogens (tertiary/aromatic N) is 4. The van der Waals surface area contributed by atoms with Crippen LogP contribution < -0.4 is 4.74 Å². The highest BCUT2D eigenvalue weighted by Crippen LogP contribution is 2.22. The Bertz CT molecular complexity index is 908. The molecule has 1 fully saturated rings. The number of hydrogen-bond acceptors (Lipinski definition) is 6. The molecule has 0 spiro atoms. The van der Waals surface area contributed by atoms with Gasteiger partial charge < -0.3 is 14.0 Å². The molecule has 28 heavy (non-hydrogen) atoms. The molecule has 0 saturated carbocycles. The molecule has 1 saturated heterocycles. The molecule has 1 aliphatic rings. The fraction of sp³-hybridized carbons (Fsp3) is 0.429. The predicted molar refractivity (Wildman–Crippen MR) is 112 cm³/mol. The Balaban J connectivity index is 1.35. The van der Waals surface area contributed by atoms with Gasteiger partial charge in [0.2, 0.25) is 0 Å². The third-order valence-electron chi connectivity index (χ3n) is 4.94. The number of rotatable bonds is 8. The Labute approximate surface area is 169 Å². The quantitative estimate of drug-likeness (QED) is 0.542. The summed E-state index contributed by atoms with van der Waals surface area (Å²) in [5, 5.41) is 12.1. The van der Waals surface area contributed by atoms with E-state index in [0.29, 0.717) is 6.61 Å². The largest absolute Gasteiger partial charge is 0.486 e. The van der Waals surface area contributed by atoms with Crippen molar-refractivity contribution < 1.29 is 9.47 Å². The normalized spacial score (nSPS) is 15.2. The Morgan fingerprint density at radius 3 is 2.71 bits per heavy atom. The van der Waals surface area contributed by atoms with Crippen molar-refractivity contribution in [3.63, 3.8) is 0 Å². The van der Waals surface area contributed by atoms with Gasteiger partial charge >= 0.3 is 0 Å². The molecule has 4 rings (SSSR count). The van der Waals surface area contributed by atoms with Crippen LogP contribution in [0.5, 0.6) is 5.75 Å². The van der Waals surface area contributed by atoms with Gasteiger partial charge in [-0.3, -0.25) is 4.90 Å². The zero-order valence-corrected chi connectivity index (χ0v) is 17.0. The second-order valence-corrected chi connectivity index (χ2v) is 7.81. The molecule has 3 aromatic rings. The van der Waals surface area contributed by atoms with Crippen LogP contribution in [0.3, 0.4) is 0 Å². The summed E-state index contributed by atoms with van der Waals surface area (Å²) in [6.07, 6.45) is 0. The zero-order valence-electron chi connectivity index (χ0n) is 16.2. The van der Waals surface area contributed by atoms with Crippen molar-refractivity contribution in [2.45, 2.75) is 25.2 Å². The minimum atomic E-state index is 0.420. The van der Waals surface area contributed by atoms with Gasteiger partial charge in [0.25, 0.3) is 0 Å². The van der Waals surface area contributed by atoms with Crippen LogP contribution in [0.2, 0.25) is 0 Å². The molecule has 2 heterocycles. The van der Waals surface area contributed by atoms with Gasteiger partial charge in [0.05, 0.1) is 13.2 Å². The summed E-state index contributed by atoms with van der Waals surface area (Å²) in [4.78, 5) is 2.44. The van der Waals surface area contributed by atoms with Gasteiger partial charge in [-0.05, 0) is 29.8 Å². The highest BCUT2D eigenvalue weighted by molar-refractivity contribution is 7.99. The first-order valence-corrected chi connectivity index (χ1v) is 10.8. The number of thioether (sulfide) groups is 1. The van der Waals surface area contributed by atoms with Crippen LogP contribution in [0.25, 0.3) is 10.8 Å². The number of fused-ring (bicyclic) bond motifs is 1. The Hall–Kier alpha value is -2.09. The lowest BCUT2D eigenvalue weighted by Gasteiger charge is -2.26. The van der Waals surface area contributed by atoms with Crippen LogP contribution in [0.1, 0.15) is 12.7 Å². The van der Waals surface area contributed by atoms with Crippen LogP contribution in [-0.2, 0) is 17.9 Å². The first-order chi connectivity index (χ1) is 13.8. The van der Waals surface area contributed by atoms with Crippen molar-refractivity contribution in [1.29, 1.82) is 0 Å². The minimum absolute atomic E-state index is 0.420. The molecule has 0 amide bonds. The molecule has 2 aromatic carbocycles. The van der Waals surface area contributed by atoms with Crippen molar-refractivity contribution in [3.05, 3.63) is 48.3 Å². The molecule has 6 nitrogen and oxygen atoms in total. The van der Waals surface area contributed by atoms with Crippen molar-refractivity contribution in [3.8, 4) is 5.75 Å². The number of benzene rings is 2. The maximum atomic E-state index is 6.00. The topological polar surface area (TPSA) is 52.4 Å². The average Bonchev–Trinajstić information content (AvgIpc) is 3.14. The molecule has 7 heteroatoms. The second-order valence-electron chi connectivity index (χ2n) is 6.74. The summed E-state index contributed by atoms with van der Waals surface area (Å²) < 4.78 is 13.5. The highest BCUT2D eigenvalue weighted by Gasteiger charge is 2.14. The van der Waals surface area contributed by atoms with Gasteiger partial charge in [0.15, 0.2) is 11.0 Å². The Morgan fingerprint density at radius 2 is 1.89 bits per heavy atom. The molecule has 0 atom stereocenters. The van der Waals surface area contributed by atoms with Gasteiger partial charge in [0.1, 0.15) is 12.4 Å². The fourth-order valence-corrected chi connectivity index (χ4v) is 4.37. The summed E-state index contributed by atoms with van der Waals surface area (Å²) in [5.74, 6) is 2.72. The predicted octanol–water partition coefficient (Wildman–Crippen LogP) is 3.45. The van der Waals surface area contributed by atoms with Crippen LogP contribution in [0.15, 0.2) is 47.6 Å². The van der Waals surface area contributed by atoms with Crippen LogP contribution in [-0.4, -0.2) is 58.3 Å². The maximum Gasteiger partial charge on any atom is 0.191 e. The first-order valence-electron chi connectivity index (χ1n) is 9.80. The van der Waals surface area contributed by atoms with E-state index in [1.54, 1.807) is 11.8 Å². The summed E-state index contributed by atoms with van der Waals surface area (Å²) >= 11 is 1.76.